The summed E-state index contributed by atoms with van der Waals surface area (Å²) in [6.45, 7) is 0.114. The SMILES string of the molecule is NNc1snnc1CN1C(=O)CNC1=O. The molecule has 1 aromatic heterocycles. The molecule has 0 atom stereocenters. The average Bonchev–Trinajstić information content (AvgIpc) is 2.79. The number of amides is 3. The number of carbonyl (C=O) groups is 2. The van der Waals surface area contributed by atoms with Crippen LogP contribution in [0, 0.1) is 0 Å². The molecule has 1 aliphatic rings. The van der Waals surface area contributed by atoms with Crippen LogP contribution < -0.4 is 16.6 Å². The Balaban J connectivity index is 2.14. The van der Waals surface area contributed by atoms with Crippen LogP contribution in [0.15, 0.2) is 0 Å². The average molecular weight is 228 g/mol. The van der Waals surface area contributed by atoms with Gasteiger partial charge in [0.05, 0.1) is 13.1 Å². The van der Waals surface area contributed by atoms with Crippen LogP contribution >= 0.6 is 11.5 Å². The van der Waals surface area contributed by atoms with E-state index in [0.29, 0.717) is 10.7 Å². The minimum absolute atomic E-state index is 0.0295. The smallest absolute Gasteiger partial charge is 0.324 e. The van der Waals surface area contributed by atoms with Gasteiger partial charge in [-0.25, -0.2) is 10.6 Å². The first-order valence-corrected chi connectivity index (χ1v) is 4.85. The van der Waals surface area contributed by atoms with Gasteiger partial charge in [0.2, 0.25) is 5.91 Å². The van der Waals surface area contributed by atoms with Gasteiger partial charge < -0.3 is 10.7 Å². The summed E-state index contributed by atoms with van der Waals surface area (Å²) < 4.78 is 3.66. The van der Waals surface area contributed by atoms with Crippen LogP contribution in [0.5, 0.6) is 0 Å². The highest BCUT2D eigenvalue weighted by atomic mass is 32.1. The molecule has 9 heteroatoms. The van der Waals surface area contributed by atoms with Crippen molar-refractivity contribution < 1.29 is 9.59 Å². The van der Waals surface area contributed by atoms with E-state index in [4.69, 9.17) is 5.84 Å². The molecule has 8 nitrogen and oxygen atoms in total. The maximum Gasteiger partial charge on any atom is 0.324 e. The van der Waals surface area contributed by atoms with Gasteiger partial charge in [-0.15, -0.1) is 5.10 Å². The second-order valence-corrected chi connectivity index (χ2v) is 3.59. The van der Waals surface area contributed by atoms with Gasteiger partial charge in [0.15, 0.2) is 0 Å². The molecular formula is C6H8N6O2S. The Morgan fingerprint density at radius 2 is 2.40 bits per heavy atom. The number of imide groups is 1. The van der Waals surface area contributed by atoms with Gasteiger partial charge in [-0.05, 0) is 0 Å². The molecule has 1 saturated heterocycles. The summed E-state index contributed by atoms with van der Waals surface area (Å²) in [5.74, 6) is 4.93. The second kappa shape index (κ2) is 3.79. The Bertz CT molecular complexity index is 388. The van der Waals surface area contributed by atoms with Gasteiger partial charge >= 0.3 is 6.03 Å². The number of nitrogens with two attached hydrogens (primary N) is 1. The lowest BCUT2D eigenvalue weighted by Crippen LogP contribution is -2.30. The van der Waals surface area contributed by atoms with E-state index in [9.17, 15) is 9.59 Å². The fourth-order valence-electron chi connectivity index (χ4n) is 1.19. The molecular weight excluding hydrogens is 220 g/mol. The lowest BCUT2D eigenvalue weighted by Gasteiger charge is -2.10. The van der Waals surface area contributed by atoms with Crippen LogP contribution in [-0.2, 0) is 11.3 Å². The number of aromatic nitrogens is 2. The van der Waals surface area contributed by atoms with Crippen molar-refractivity contribution in [3.8, 4) is 0 Å². The minimum Gasteiger partial charge on any atom is -0.329 e. The Morgan fingerprint density at radius 1 is 1.60 bits per heavy atom. The standard InChI is InChI=1S/C6H8N6O2S/c7-9-5-3(10-11-15-5)2-12-4(13)1-8-6(12)14/h9H,1-2,7H2,(H,8,14). The lowest BCUT2D eigenvalue weighted by molar-refractivity contribution is -0.125. The van der Waals surface area contributed by atoms with E-state index in [2.05, 4.69) is 20.3 Å². The number of hydrogen-bond donors (Lipinski definition) is 3. The fraction of sp³-hybridized carbons (Fsp3) is 0.333. The molecule has 0 saturated carbocycles. The van der Waals surface area contributed by atoms with Crippen molar-refractivity contribution in [3.63, 3.8) is 0 Å². The van der Waals surface area contributed by atoms with E-state index >= 15 is 0 Å². The van der Waals surface area contributed by atoms with Gasteiger partial charge in [0.1, 0.15) is 10.7 Å². The van der Waals surface area contributed by atoms with Crippen LogP contribution in [0.4, 0.5) is 9.80 Å². The Hall–Kier alpha value is -1.74. The second-order valence-electron chi connectivity index (χ2n) is 2.83. The summed E-state index contributed by atoms with van der Waals surface area (Å²) >= 11 is 1.07. The molecule has 0 spiro atoms. The van der Waals surface area contributed by atoms with Crippen molar-refractivity contribution in [2.24, 2.45) is 5.84 Å². The summed E-state index contributed by atoms with van der Waals surface area (Å²) in [7, 11) is 0. The largest absolute Gasteiger partial charge is 0.329 e. The lowest BCUT2D eigenvalue weighted by atomic mass is 10.4. The van der Waals surface area contributed by atoms with Gasteiger partial charge in [-0.3, -0.25) is 9.69 Å². The highest BCUT2D eigenvalue weighted by molar-refractivity contribution is 7.10. The number of carbonyl (C=O) groups excluding carboxylic acids is 2. The van der Waals surface area contributed by atoms with Gasteiger partial charge in [-0.2, -0.15) is 0 Å². The molecule has 0 unspecified atom stereocenters. The summed E-state index contributed by atoms with van der Waals surface area (Å²) in [5.41, 5.74) is 2.88. The van der Waals surface area contributed by atoms with Crippen LogP contribution in [0.25, 0.3) is 0 Å². The first-order chi connectivity index (χ1) is 7.22. The zero-order valence-electron chi connectivity index (χ0n) is 7.56. The highest BCUT2D eigenvalue weighted by Gasteiger charge is 2.29. The third-order valence-corrected chi connectivity index (χ3v) is 2.63. The molecule has 15 heavy (non-hydrogen) atoms. The number of rotatable bonds is 3. The monoisotopic (exact) mass is 228 g/mol. The maximum atomic E-state index is 11.3. The summed E-state index contributed by atoms with van der Waals surface area (Å²) in [5, 5.41) is 6.73. The summed E-state index contributed by atoms with van der Waals surface area (Å²) in [4.78, 5) is 23.5. The molecule has 3 amide bonds. The van der Waals surface area contributed by atoms with Crippen LogP contribution in [-0.4, -0.2) is 33.0 Å². The highest BCUT2D eigenvalue weighted by Crippen LogP contribution is 2.18. The summed E-state index contributed by atoms with van der Waals surface area (Å²) in [6, 6.07) is -0.420. The van der Waals surface area contributed by atoms with Crippen molar-refractivity contribution in [1.29, 1.82) is 0 Å². The van der Waals surface area contributed by atoms with Gasteiger partial charge in [0.25, 0.3) is 0 Å². The molecule has 2 rings (SSSR count). The topological polar surface area (TPSA) is 113 Å². The fourth-order valence-corrected chi connectivity index (χ4v) is 1.67. The number of hydrazine groups is 1. The van der Waals surface area contributed by atoms with Crippen molar-refractivity contribution in [2.45, 2.75) is 6.54 Å². The number of nitrogens with one attached hydrogen (secondary N) is 2. The number of hydrogen-bond acceptors (Lipinski definition) is 7. The van der Waals surface area contributed by atoms with E-state index in [0.717, 1.165) is 16.4 Å². The number of anilines is 1. The van der Waals surface area contributed by atoms with E-state index in [-0.39, 0.29) is 19.0 Å². The number of nitrogens with zero attached hydrogens (tertiary/aromatic N) is 3. The quantitative estimate of drug-likeness (QED) is 0.343. The number of nitrogen functional groups attached to an aromatic ring is 1. The van der Waals surface area contributed by atoms with E-state index in [1.165, 1.54) is 0 Å². The third-order valence-electron chi connectivity index (χ3n) is 1.93. The third kappa shape index (κ3) is 1.74. The minimum atomic E-state index is -0.420. The molecule has 0 aliphatic carbocycles. The number of urea groups is 1. The van der Waals surface area contributed by atoms with E-state index in [1.807, 2.05) is 0 Å². The Kier molecular flexibility index (Phi) is 2.47. The first kappa shape index (κ1) is 9.80. The van der Waals surface area contributed by atoms with Gasteiger partial charge in [-0.1, -0.05) is 4.49 Å². The molecule has 0 radical (unpaired) electrons. The predicted octanol–water partition coefficient (Wildman–Crippen LogP) is -1.12. The van der Waals surface area contributed by atoms with Crippen molar-refractivity contribution >= 4 is 28.5 Å². The van der Waals surface area contributed by atoms with E-state index in [1.54, 1.807) is 0 Å². The molecule has 1 aliphatic heterocycles. The van der Waals surface area contributed by atoms with Crippen molar-refractivity contribution in [3.05, 3.63) is 5.69 Å². The molecule has 0 bridgehead atoms. The van der Waals surface area contributed by atoms with Crippen LogP contribution in [0.1, 0.15) is 5.69 Å². The van der Waals surface area contributed by atoms with Crippen LogP contribution in [0.2, 0.25) is 0 Å². The normalized spacial score (nSPS) is 15.7. The van der Waals surface area contributed by atoms with Crippen molar-refractivity contribution in [2.75, 3.05) is 12.0 Å². The summed E-state index contributed by atoms with van der Waals surface area (Å²) in [6.07, 6.45) is 0. The molecule has 80 valence electrons. The zero-order valence-corrected chi connectivity index (χ0v) is 8.37. The molecule has 0 aromatic carbocycles. The molecule has 1 aromatic rings. The van der Waals surface area contributed by atoms with Crippen LogP contribution in [0.3, 0.4) is 0 Å². The Morgan fingerprint density at radius 3 is 3.00 bits per heavy atom. The molecule has 1 fully saturated rings. The van der Waals surface area contributed by atoms with E-state index < -0.39 is 6.03 Å². The molecule has 2 heterocycles. The maximum absolute atomic E-state index is 11.3. The zero-order chi connectivity index (χ0) is 10.8. The first-order valence-electron chi connectivity index (χ1n) is 4.08. The predicted molar refractivity (Wildman–Crippen MR) is 51.7 cm³/mol. The van der Waals surface area contributed by atoms with Crippen molar-refractivity contribution in [1.82, 2.24) is 19.8 Å². The molecule has 4 N–H and O–H groups in total. The Labute approximate surface area is 88.6 Å². The van der Waals surface area contributed by atoms with Gasteiger partial charge in [0, 0.05) is 11.5 Å².